The van der Waals surface area contributed by atoms with Crippen molar-refractivity contribution in [3.05, 3.63) is 52.7 Å². The Labute approximate surface area is 128 Å². The lowest BCUT2D eigenvalue weighted by atomic mass is 10.2. The van der Waals surface area contributed by atoms with E-state index in [-0.39, 0.29) is 24.2 Å². The Morgan fingerprint density at radius 3 is 2.86 bits per heavy atom. The number of aromatic nitrogens is 2. The molecule has 1 aromatic carbocycles. The molecule has 1 atom stereocenters. The zero-order valence-corrected chi connectivity index (χ0v) is 12.2. The number of nitrogens with zero attached hydrogens (tertiary/aromatic N) is 1. The first-order valence-electron chi connectivity index (χ1n) is 7.35. The third-order valence-corrected chi connectivity index (χ3v) is 3.33. The Bertz CT molecular complexity index is 651. The summed E-state index contributed by atoms with van der Waals surface area (Å²) in [6, 6.07) is 9.36. The molecular weight excluding hydrogens is 284 g/mol. The Morgan fingerprint density at radius 2 is 2.14 bits per heavy atom. The molecule has 1 fully saturated rings. The van der Waals surface area contributed by atoms with E-state index >= 15 is 0 Å². The van der Waals surface area contributed by atoms with E-state index < -0.39 is 0 Å². The molecule has 3 rings (SSSR count). The standard InChI is InChI=1S/C16H18N2O4/c19-16-13(22-15-8-4-5-9-20-15)10-17-14(18-16)11-21-12-6-2-1-3-7-12/h1-3,6-7,10,15H,4-5,8-9,11H2,(H,17,18,19). The molecule has 1 aromatic heterocycles. The molecule has 116 valence electrons. The molecule has 0 radical (unpaired) electrons. The quantitative estimate of drug-likeness (QED) is 0.917. The molecule has 1 aliphatic heterocycles. The van der Waals surface area contributed by atoms with E-state index in [1.165, 1.54) is 6.20 Å². The summed E-state index contributed by atoms with van der Waals surface area (Å²) in [7, 11) is 0. The second-order valence-corrected chi connectivity index (χ2v) is 5.04. The molecule has 1 N–H and O–H groups in total. The minimum absolute atomic E-state index is 0.176. The maximum atomic E-state index is 12.0. The first kappa shape index (κ1) is 14.6. The van der Waals surface area contributed by atoms with Crippen molar-refractivity contribution < 1.29 is 14.2 Å². The average molecular weight is 302 g/mol. The Morgan fingerprint density at radius 1 is 1.27 bits per heavy atom. The van der Waals surface area contributed by atoms with Crippen molar-refractivity contribution in [3.8, 4) is 11.5 Å². The molecule has 1 unspecified atom stereocenters. The van der Waals surface area contributed by atoms with Crippen LogP contribution in [0.4, 0.5) is 0 Å². The van der Waals surface area contributed by atoms with Crippen LogP contribution < -0.4 is 15.0 Å². The van der Waals surface area contributed by atoms with Crippen LogP contribution in [0.1, 0.15) is 25.1 Å². The molecule has 0 amide bonds. The fraction of sp³-hybridized carbons (Fsp3) is 0.375. The highest BCUT2D eigenvalue weighted by molar-refractivity contribution is 5.21. The van der Waals surface area contributed by atoms with Gasteiger partial charge in [-0.15, -0.1) is 0 Å². The summed E-state index contributed by atoms with van der Waals surface area (Å²) in [6.45, 7) is 0.860. The molecule has 0 spiro atoms. The number of H-pyrrole nitrogens is 1. The van der Waals surface area contributed by atoms with Gasteiger partial charge in [0.25, 0.3) is 5.56 Å². The number of hydrogen-bond donors (Lipinski definition) is 1. The zero-order chi connectivity index (χ0) is 15.2. The van der Waals surface area contributed by atoms with Gasteiger partial charge in [0.05, 0.1) is 12.8 Å². The molecule has 6 heteroatoms. The minimum Gasteiger partial charge on any atom is -0.486 e. The first-order valence-corrected chi connectivity index (χ1v) is 7.35. The Hall–Kier alpha value is -2.34. The van der Waals surface area contributed by atoms with Crippen LogP contribution in [0, 0.1) is 0 Å². The van der Waals surface area contributed by atoms with Gasteiger partial charge in [0, 0.05) is 6.42 Å². The van der Waals surface area contributed by atoms with E-state index in [0.717, 1.165) is 25.0 Å². The molecule has 0 aliphatic carbocycles. The van der Waals surface area contributed by atoms with Gasteiger partial charge >= 0.3 is 0 Å². The molecular formula is C16H18N2O4. The van der Waals surface area contributed by atoms with E-state index in [9.17, 15) is 4.79 Å². The Balaban J connectivity index is 1.60. The fourth-order valence-corrected chi connectivity index (χ4v) is 2.19. The van der Waals surface area contributed by atoms with Crippen molar-refractivity contribution in [3.63, 3.8) is 0 Å². The van der Waals surface area contributed by atoms with Gasteiger partial charge in [-0.1, -0.05) is 18.2 Å². The highest BCUT2D eigenvalue weighted by Crippen LogP contribution is 2.16. The van der Waals surface area contributed by atoms with Crippen molar-refractivity contribution >= 4 is 0 Å². The largest absolute Gasteiger partial charge is 0.486 e. The van der Waals surface area contributed by atoms with Crippen molar-refractivity contribution in [1.29, 1.82) is 0 Å². The highest BCUT2D eigenvalue weighted by atomic mass is 16.7. The van der Waals surface area contributed by atoms with Crippen molar-refractivity contribution in [2.45, 2.75) is 32.2 Å². The number of ether oxygens (including phenoxy) is 3. The molecule has 2 heterocycles. The number of rotatable bonds is 5. The third kappa shape index (κ3) is 3.85. The second kappa shape index (κ2) is 7.09. The van der Waals surface area contributed by atoms with Crippen LogP contribution in [0.15, 0.2) is 41.3 Å². The predicted molar refractivity (Wildman–Crippen MR) is 79.9 cm³/mol. The fourth-order valence-electron chi connectivity index (χ4n) is 2.19. The van der Waals surface area contributed by atoms with Gasteiger partial charge in [0.1, 0.15) is 18.2 Å². The third-order valence-electron chi connectivity index (χ3n) is 3.33. The van der Waals surface area contributed by atoms with Crippen molar-refractivity contribution in [2.75, 3.05) is 6.61 Å². The van der Waals surface area contributed by atoms with Gasteiger partial charge in [0.15, 0.2) is 6.29 Å². The predicted octanol–water partition coefficient (Wildman–Crippen LogP) is 2.25. The lowest BCUT2D eigenvalue weighted by Crippen LogP contribution is -2.28. The molecule has 1 saturated heterocycles. The van der Waals surface area contributed by atoms with Crippen LogP contribution in [0.2, 0.25) is 0 Å². The minimum atomic E-state index is -0.358. The first-order chi connectivity index (χ1) is 10.8. The van der Waals surface area contributed by atoms with Crippen LogP contribution in [0.5, 0.6) is 11.5 Å². The maximum absolute atomic E-state index is 12.0. The van der Waals surface area contributed by atoms with E-state index in [1.807, 2.05) is 30.3 Å². The van der Waals surface area contributed by atoms with Gasteiger partial charge < -0.3 is 19.2 Å². The number of para-hydroxylation sites is 1. The summed E-state index contributed by atoms with van der Waals surface area (Å²) in [5.74, 6) is 1.35. The molecule has 0 saturated carbocycles. The topological polar surface area (TPSA) is 73.4 Å². The number of aromatic amines is 1. The number of hydrogen-bond acceptors (Lipinski definition) is 5. The Kier molecular flexibility index (Phi) is 4.70. The van der Waals surface area contributed by atoms with Gasteiger partial charge in [-0.3, -0.25) is 4.79 Å². The monoisotopic (exact) mass is 302 g/mol. The highest BCUT2D eigenvalue weighted by Gasteiger charge is 2.17. The number of benzene rings is 1. The van der Waals surface area contributed by atoms with Crippen LogP contribution in [0.3, 0.4) is 0 Å². The smallest absolute Gasteiger partial charge is 0.293 e. The molecule has 22 heavy (non-hydrogen) atoms. The summed E-state index contributed by atoms with van der Waals surface area (Å²) in [6.07, 6.45) is 3.92. The molecule has 2 aromatic rings. The van der Waals surface area contributed by atoms with Crippen LogP contribution in [-0.2, 0) is 11.3 Å². The molecule has 0 bridgehead atoms. The summed E-state index contributed by atoms with van der Waals surface area (Å²) < 4.78 is 16.5. The van der Waals surface area contributed by atoms with Crippen LogP contribution >= 0.6 is 0 Å². The SMILES string of the molecule is O=c1[nH]c(COc2ccccc2)ncc1OC1CCCCO1. The average Bonchev–Trinajstić information content (AvgIpc) is 2.57. The van der Waals surface area contributed by atoms with E-state index in [4.69, 9.17) is 14.2 Å². The van der Waals surface area contributed by atoms with Gasteiger partial charge in [0.2, 0.25) is 5.75 Å². The van der Waals surface area contributed by atoms with E-state index in [0.29, 0.717) is 12.4 Å². The van der Waals surface area contributed by atoms with Gasteiger partial charge in [-0.05, 0) is 25.0 Å². The number of nitrogens with one attached hydrogen (secondary N) is 1. The van der Waals surface area contributed by atoms with Crippen molar-refractivity contribution in [2.24, 2.45) is 0 Å². The van der Waals surface area contributed by atoms with Crippen LogP contribution in [-0.4, -0.2) is 22.9 Å². The summed E-state index contributed by atoms with van der Waals surface area (Å²) >= 11 is 0. The maximum Gasteiger partial charge on any atom is 0.293 e. The summed E-state index contributed by atoms with van der Waals surface area (Å²) in [5.41, 5.74) is -0.323. The van der Waals surface area contributed by atoms with E-state index in [2.05, 4.69) is 9.97 Å². The second-order valence-electron chi connectivity index (χ2n) is 5.04. The normalized spacial score (nSPS) is 17.9. The van der Waals surface area contributed by atoms with Crippen molar-refractivity contribution in [1.82, 2.24) is 9.97 Å². The molecule has 1 aliphatic rings. The lowest BCUT2D eigenvalue weighted by molar-refractivity contribution is -0.106. The summed E-state index contributed by atoms with van der Waals surface area (Å²) in [4.78, 5) is 18.8. The van der Waals surface area contributed by atoms with Gasteiger partial charge in [-0.2, -0.15) is 0 Å². The molecule has 6 nitrogen and oxygen atoms in total. The summed E-state index contributed by atoms with van der Waals surface area (Å²) in [5, 5.41) is 0. The lowest BCUT2D eigenvalue weighted by Gasteiger charge is -2.22. The van der Waals surface area contributed by atoms with E-state index in [1.54, 1.807) is 0 Å². The zero-order valence-electron chi connectivity index (χ0n) is 12.2. The van der Waals surface area contributed by atoms with Gasteiger partial charge in [-0.25, -0.2) is 4.98 Å². The van der Waals surface area contributed by atoms with Crippen LogP contribution in [0.25, 0.3) is 0 Å².